The second kappa shape index (κ2) is 5.41. The summed E-state index contributed by atoms with van der Waals surface area (Å²) in [6.07, 6.45) is 3.60. The second-order valence-corrected chi connectivity index (χ2v) is 4.38. The Kier molecular flexibility index (Phi) is 3.91. The molecule has 1 fully saturated rings. The van der Waals surface area contributed by atoms with Crippen molar-refractivity contribution in [3.8, 4) is 0 Å². The first-order valence-corrected chi connectivity index (χ1v) is 5.95. The molecule has 2 rings (SSSR count). The van der Waals surface area contributed by atoms with Crippen molar-refractivity contribution in [3.63, 3.8) is 0 Å². The van der Waals surface area contributed by atoms with Crippen molar-refractivity contribution in [1.29, 1.82) is 0 Å². The summed E-state index contributed by atoms with van der Waals surface area (Å²) in [5, 5.41) is 13.4. The van der Waals surface area contributed by atoms with Gasteiger partial charge >= 0.3 is 0 Å². The Bertz CT molecular complexity index is 334. The van der Waals surface area contributed by atoms with Gasteiger partial charge in [0.2, 0.25) is 0 Å². The first kappa shape index (κ1) is 11.6. The van der Waals surface area contributed by atoms with E-state index in [4.69, 9.17) is 0 Å². The minimum absolute atomic E-state index is 0.0144. The van der Waals surface area contributed by atoms with Gasteiger partial charge in [-0.25, -0.2) is 4.39 Å². The van der Waals surface area contributed by atoms with Gasteiger partial charge < -0.3 is 10.4 Å². The molecule has 0 bridgehead atoms. The van der Waals surface area contributed by atoms with Crippen LogP contribution in [0.2, 0.25) is 0 Å². The Morgan fingerprint density at radius 1 is 1.25 bits per heavy atom. The van der Waals surface area contributed by atoms with Gasteiger partial charge in [-0.05, 0) is 25.5 Å². The van der Waals surface area contributed by atoms with E-state index in [1.807, 2.05) is 0 Å². The van der Waals surface area contributed by atoms with E-state index in [0.717, 1.165) is 25.8 Å². The molecule has 0 radical (unpaired) electrons. The highest BCUT2D eigenvalue weighted by Gasteiger charge is 2.23. The molecular formula is C13H18FNO. The lowest BCUT2D eigenvalue weighted by Crippen LogP contribution is -2.34. The largest absolute Gasteiger partial charge is 0.387 e. The summed E-state index contributed by atoms with van der Waals surface area (Å²) >= 11 is 0. The van der Waals surface area contributed by atoms with Gasteiger partial charge in [0.25, 0.3) is 0 Å². The summed E-state index contributed by atoms with van der Waals surface area (Å²) in [7, 11) is 0. The maximum atomic E-state index is 13.5. The van der Waals surface area contributed by atoms with Crippen LogP contribution in [-0.4, -0.2) is 17.7 Å². The Morgan fingerprint density at radius 2 is 2.06 bits per heavy atom. The van der Waals surface area contributed by atoms with Crippen molar-refractivity contribution in [1.82, 2.24) is 5.32 Å². The van der Waals surface area contributed by atoms with Crippen LogP contribution in [-0.2, 0) is 0 Å². The zero-order valence-electron chi connectivity index (χ0n) is 9.32. The van der Waals surface area contributed by atoms with E-state index in [9.17, 15) is 9.50 Å². The lowest BCUT2D eigenvalue weighted by atomic mass is 9.98. The van der Waals surface area contributed by atoms with Crippen molar-refractivity contribution >= 4 is 0 Å². The molecule has 1 heterocycles. The van der Waals surface area contributed by atoms with Gasteiger partial charge in [0, 0.05) is 11.6 Å². The molecule has 0 saturated carbocycles. The predicted octanol–water partition coefficient (Wildman–Crippen LogP) is 2.39. The molecule has 1 saturated heterocycles. The van der Waals surface area contributed by atoms with Gasteiger partial charge in [-0.15, -0.1) is 0 Å². The molecule has 1 aromatic rings. The normalized spacial score (nSPS) is 23.8. The summed E-state index contributed by atoms with van der Waals surface area (Å²) in [5.41, 5.74) is 0.405. The minimum atomic E-state index is -0.737. The molecule has 0 spiro atoms. The highest BCUT2D eigenvalue weighted by Crippen LogP contribution is 2.24. The van der Waals surface area contributed by atoms with Crippen molar-refractivity contribution in [2.75, 3.05) is 6.54 Å². The summed E-state index contributed by atoms with van der Waals surface area (Å²) in [6, 6.07) is 6.45. The molecule has 2 N–H and O–H groups in total. The molecule has 2 unspecified atom stereocenters. The molecular weight excluding hydrogens is 205 g/mol. The highest BCUT2D eigenvalue weighted by molar-refractivity contribution is 5.21. The number of hydrogen-bond acceptors (Lipinski definition) is 2. The minimum Gasteiger partial charge on any atom is -0.387 e. The lowest BCUT2D eigenvalue weighted by molar-refractivity contribution is 0.122. The Labute approximate surface area is 95.5 Å². The fourth-order valence-corrected chi connectivity index (χ4v) is 2.26. The number of nitrogens with one attached hydrogen (secondary N) is 1. The second-order valence-electron chi connectivity index (χ2n) is 4.38. The molecule has 16 heavy (non-hydrogen) atoms. The van der Waals surface area contributed by atoms with Crippen LogP contribution in [0.1, 0.15) is 37.4 Å². The van der Waals surface area contributed by atoms with E-state index in [1.54, 1.807) is 18.2 Å². The van der Waals surface area contributed by atoms with Gasteiger partial charge in [-0.3, -0.25) is 0 Å². The van der Waals surface area contributed by atoms with E-state index >= 15 is 0 Å². The molecule has 1 aromatic carbocycles. The molecule has 0 amide bonds. The number of hydrogen-bond donors (Lipinski definition) is 2. The van der Waals surface area contributed by atoms with Crippen molar-refractivity contribution in [3.05, 3.63) is 35.6 Å². The zero-order chi connectivity index (χ0) is 11.4. The van der Waals surface area contributed by atoms with Gasteiger partial charge in [0.15, 0.2) is 0 Å². The number of aliphatic hydroxyl groups is 1. The van der Waals surface area contributed by atoms with Gasteiger partial charge in [-0.2, -0.15) is 0 Å². The third-order valence-electron chi connectivity index (χ3n) is 3.20. The quantitative estimate of drug-likeness (QED) is 0.807. The third kappa shape index (κ3) is 2.60. The van der Waals surface area contributed by atoms with E-state index in [0.29, 0.717) is 5.56 Å². The smallest absolute Gasteiger partial charge is 0.129 e. The topological polar surface area (TPSA) is 32.3 Å². The molecule has 1 aliphatic rings. The van der Waals surface area contributed by atoms with Crippen LogP contribution in [0.25, 0.3) is 0 Å². The highest BCUT2D eigenvalue weighted by atomic mass is 19.1. The maximum absolute atomic E-state index is 13.5. The first-order chi connectivity index (χ1) is 7.79. The van der Waals surface area contributed by atoms with E-state index < -0.39 is 6.10 Å². The maximum Gasteiger partial charge on any atom is 0.129 e. The van der Waals surface area contributed by atoms with Crippen LogP contribution >= 0.6 is 0 Å². The summed E-state index contributed by atoms with van der Waals surface area (Å²) in [6.45, 7) is 0.913. The number of rotatable bonds is 2. The third-order valence-corrected chi connectivity index (χ3v) is 3.20. The molecule has 88 valence electrons. The van der Waals surface area contributed by atoms with Crippen LogP contribution in [0.15, 0.2) is 24.3 Å². The molecule has 3 heteroatoms. The van der Waals surface area contributed by atoms with Gasteiger partial charge in [0.1, 0.15) is 5.82 Å². The standard InChI is InChI=1S/C13H18FNO/c14-11-7-4-3-6-10(11)13(16)12-8-2-1-5-9-15-12/h3-4,6-7,12-13,15-16H,1-2,5,8-9H2. The molecule has 0 aliphatic carbocycles. The van der Waals surface area contributed by atoms with E-state index in [2.05, 4.69) is 5.32 Å². The fourth-order valence-electron chi connectivity index (χ4n) is 2.26. The molecule has 2 atom stereocenters. The SMILES string of the molecule is OC(c1ccccc1F)C1CCCCCN1. The van der Waals surface area contributed by atoms with Crippen LogP contribution in [0.3, 0.4) is 0 Å². The lowest BCUT2D eigenvalue weighted by Gasteiger charge is -2.23. The fraction of sp³-hybridized carbons (Fsp3) is 0.538. The zero-order valence-corrected chi connectivity index (χ0v) is 9.32. The average molecular weight is 223 g/mol. The van der Waals surface area contributed by atoms with Gasteiger partial charge in [-0.1, -0.05) is 31.0 Å². The number of benzene rings is 1. The van der Waals surface area contributed by atoms with E-state index in [1.165, 1.54) is 12.5 Å². The molecule has 2 nitrogen and oxygen atoms in total. The van der Waals surface area contributed by atoms with Gasteiger partial charge in [0.05, 0.1) is 6.10 Å². The molecule has 1 aliphatic heterocycles. The van der Waals surface area contributed by atoms with Crippen LogP contribution in [0.4, 0.5) is 4.39 Å². The van der Waals surface area contributed by atoms with Crippen molar-refractivity contribution in [2.24, 2.45) is 0 Å². The first-order valence-electron chi connectivity index (χ1n) is 5.95. The summed E-state index contributed by atoms with van der Waals surface area (Å²) in [4.78, 5) is 0. The average Bonchev–Trinajstić information content (AvgIpc) is 2.57. The predicted molar refractivity (Wildman–Crippen MR) is 61.6 cm³/mol. The summed E-state index contributed by atoms with van der Waals surface area (Å²) in [5.74, 6) is -0.318. The number of aliphatic hydroxyl groups excluding tert-OH is 1. The van der Waals surface area contributed by atoms with Crippen molar-refractivity contribution < 1.29 is 9.50 Å². The summed E-state index contributed by atoms with van der Waals surface area (Å²) < 4.78 is 13.5. The van der Waals surface area contributed by atoms with Crippen LogP contribution < -0.4 is 5.32 Å². The van der Waals surface area contributed by atoms with Crippen molar-refractivity contribution in [2.45, 2.75) is 37.8 Å². The Hall–Kier alpha value is -0.930. The Balaban J connectivity index is 2.11. The number of halogens is 1. The monoisotopic (exact) mass is 223 g/mol. The van der Waals surface area contributed by atoms with Crippen LogP contribution in [0.5, 0.6) is 0 Å². The molecule has 0 aromatic heterocycles. The van der Waals surface area contributed by atoms with Crippen LogP contribution in [0, 0.1) is 5.82 Å². The van der Waals surface area contributed by atoms with E-state index in [-0.39, 0.29) is 11.9 Å². The Morgan fingerprint density at radius 3 is 2.88 bits per heavy atom.